The van der Waals surface area contributed by atoms with E-state index >= 15 is 0 Å². The van der Waals surface area contributed by atoms with Crippen LogP contribution in [0.3, 0.4) is 0 Å². The topological polar surface area (TPSA) is 62.6 Å². The monoisotopic (exact) mass is 418 g/mol. The molecule has 0 aliphatic carbocycles. The zero-order valence-electron chi connectivity index (χ0n) is 15.5. The Morgan fingerprint density at radius 3 is 2.68 bits per heavy atom. The third-order valence-corrected chi connectivity index (χ3v) is 7.46. The maximum Gasteiger partial charge on any atom is 0.244 e. The Morgan fingerprint density at radius 2 is 1.96 bits per heavy atom. The maximum atomic E-state index is 13.0. The van der Waals surface area contributed by atoms with Crippen LogP contribution in [0.5, 0.6) is 0 Å². The zero-order chi connectivity index (χ0) is 19.6. The van der Waals surface area contributed by atoms with Gasteiger partial charge >= 0.3 is 0 Å². The molecule has 1 atom stereocenters. The van der Waals surface area contributed by atoms with Gasteiger partial charge in [0.1, 0.15) is 16.8 Å². The van der Waals surface area contributed by atoms with Crippen molar-refractivity contribution in [2.75, 3.05) is 25.5 Å². The quantitative estimate of drug-likeness (QED) is 0.576. The molecule has 1 N–H and O–H groups in total. The summed E-state index contributed by atoms with van der Waals surface area (Å²) in [6.07, 6.45) is 2.29. The lowest BCUT2D eigenvalue weighted by molar-refractivity contribution is -0.135. The lowest BCUT2D eigenvalue weighted by Crippen LogP contribution is -2.51. The van der Waals surface area contributed by atoms with Gasteiger partial charge in [-0.25, -0.2) is 0 Å². The average molecular weight is 419 g/mol. The van der Waals surface area contributed by atoms with Crippen LogP contribution in [0.2, 0.25) is 0 Å². The van der Waals surface area contributed by atoms with Crippen LogP contribution in [-0.4, -0.2) is 52.2 Å². The summed E-state index contributed by atoms with van der Waals surface area (Å²) in [7, 11) is 0. The molecule has 1 aromatic heterocycles. The van der Waals surface area contributed by atoms with Crippen molar-refractivity contribution in [1.82, 2.24) is 10.2 Å². The Bertz CT molecular complexity index is 848. The van der Waals surface area contributed by atoms with Crippen LogP contribution in [0.1, 0.15) is 18.6 Å². The second kappa shape index (κ2) is 8.31. The molecular formula is C21H23ClN2O3S. The number of ketones is 1. The molecule has 1 spiro atoms. The number of nitrogens with zero attached hydrogens (tertiary/aromatic N) is 1. The average Bonchev–Trinajstić information content (AvgIpc) is 3.31. The standard InChI is InChI=1S/C21H23ClN2O3S/c22-14-17(25)19-20(26)24(21(28-19)9-11-23-12-10-21)13-8-16-6-7-18(27-16)15-4-2-1-3-5-15/h1-7,19,23H,8-14H2. The highest BCUT2D eigenvalue weighted by atomic mass is 35.5. The summed E-state index contributed by atoms with van der Waals surface area (Å²) < 4.78 is 5.99. The number of piperidine rings is 1. The van der Waals surface area contributed by atoms with Crippen LogP contribution in [0, 0.1) is 0 Å². The number of carbonyl (C=O) groups is 2. The van der Waals surface area contributed by atoms with Crippen LogP contribution in [-0.2, 0) is 16.0 Å². The smallest absolute Gasteiger partial charge is 0.244 e. The number of nitrogens with one attached hydrogen (secondary N) is 1. The minimum absolute atomic E-state index is 0.104. The largest absolute Gasteiger partial charge is 0.461 e. The van der Waals surface area contributed by atoms with E-state index in [1.165, 1.54) is 11.8 Å². The highest BCUT2D eigenvalue weighted by molar-refractivity contribution is 8.03. The van der Waals surface area contributed by atoms with Crippen LogP contribution >= 0.6 is 23.4 Å². The molecule has 2 aliphatic heterocycles. The Balaban J connectivity index is 1.50. The number of thioether (sulfide) groups is 1. The van der Waals surface area contributed by atoms with Crippen molar-refractivity contribution in [2.24, 2.45) is 0 Å². The van der Waals surface area contributed by atoms with Gasteiger partial charge in [0.25, 0.3) is 0 Å². The minimum Gasteiger partial charge on any atom is -0.461 e. The fraction of sp³-hybridized carbons (Fsp3) is 0.429. The lowest BCUT2D eigenvalue weighted by atomic mass is 10.0. The molecule has 3 heterocycles. The molecule has 2 aromatic rings. The van der Waals surface area contributed by atoms with Crippen LogP contribution in [0.4, 0.5) is 0 Å². The van der Waals surface area contributed by atoms with Gasteiger partial charge in [0, 0.05) is 18.5 Å². The number of hydrogen-bond acceptors (Lipinski definition) is 5. The van der Waals surface area contributed by atoms with E-state index in [9.17, 15) is 9.59 Å². The molecule has 28 heavy (non-hydrogen) atoms. The minimum atomic E-state index is -0.674. The molecule has 5 nitrogen and oxygen atoms in total. The first-order chi connectivity index (χ1) is 13.6. The van der Waals surface area contributed by atoms with Gasteiger partial charge in [0.05, 0.1) is 10.8 Å². The van der Waals surface area contributed by atoms with Crippen molar-refractivity contribution in [1.29, 1.82) is 0 Å². The summed E-state index contributed by atoms with van der Waals surface area (Å²) in [6.45, 7) is 2.23. The molecule has 0 radical (unpaired) electrons. The maximum absolute atomic E-state index is 13.0. The Kier molecular flexibility index (Phi) is 5.80. The molecule has 1 unspecified atom stereocenters. The summed E-state index contributed by atoms with van der Waals surface area (Å²) in [5, 5.41) is 2.67. The van der Waals surface area contributed by atoms with Gasteiger partial charge in [-0.2, -0.15) is 0 Å². The molecule has 2 aliphatic rings. The first kappa shape index (κ1) is 19.6. The van der Waals surface area contributed by atoms with E-state index < -0.39 is 5.25 Å². The predicted octanol–water partition coefficient (Wildman–Crippen LogP) is 3.32. The number of halogens is 1. The number of carbonyl (C=O) groups excluding carboxylic acids is 2. The molecule has 7 heteroatoms. The van der Waals surface area contributed by atoms with Gasteiger partial charge in [0.15, 0.2) is 5.78 Å². The molecule has 148 valence electrons. The number of Topliss-reactive ketones (excluding diaryl/α,β-unsaturated/α-hetero) is 1. The summed E-state index contributed by atoms with van der Waals surface area (Å²) in [5.74, 6) is 1.25. The molecular weight excluding hydrogens is 396 g/mol. The van der Waals surface area contributed by atoms with Crippen molar-refractivity contribution >= 4 is 35.1 Å². The van der Waals surface area contributed by atoms with E-state index in [4.69, 9.17) is 16.0 Å². The van der Waals surface area contributed by atoms with Crippen molar-refractivity contribution in [2.45, 2.75) is 29.4 Å². The number of furan rings is 1. The third kappa shape index (κ3) is 3.73. The van der Waals surface area contributed by atoms with E-state index in [0.717, 1.165) is 43.0 Å². The summed E-state index contributed by atoms with van der Waals surface area (Å²) >= 11 is 7.24. The van der Waals surface area contributed by atoms with Crippen molar-refractivity contribution in [3.05, 3.63) is 48.2 Å². The Hall–Kier alpha value is -1.76. The molecule has 0 saturated carbocycles. The first-order valence-electron chi connectivity index (χ1n) is 9.56. The van der Waals surface area contributed by atoms with Crippen LogP contribution in [0.25, 0.3) is 11.3 Å². The van der Waals surface area contributed by atoms with Crippen molar-refractivity contribution in [3.8, 4) is 11.3 Å². The fourth-order valence-corrected chi connectivity index (χ4v) is 5.84. The molecule has 4 rings (SSSR count). The summed E-state index contributed by atoms with van der Waals surface area (Å²) in [6, 6.07) is 13.9. The van der Waals surface area contributed by atoms with Crippen molar-refractivity contribution in [3.63, 3.8) is 0 Å². The number of alkyl halides is 1. The highest BCUT2D eigenvalue weighted by Crippen LogP contribution is 2.47. The molecule has 1 amide bonds. The van der Waals surface area contributed by atoms with Gasteiger partial charge in [-0.1, -0.05) is 30.3 Å². The number of benzene rings is 1. The van der Waals surface area contributed by atoms with Gasteiger partial charge in [-0.3, -0.25) is 9.59 Å². The molecule has 2 fully saturated rings. The Morgan fingerprint density at radius 1 is 1.21 bits per heavy atom. The SMILES string of the molecule is O=C(CCl)C1SC2(CCNCC2)N(CCc2ccc(-c3ccccc3)o2)C1=O. The highest BCUT2D eigenvalue weighted by Gasteiger charge is 2.53. The third-order valence-electron chi connectivity index (χ3n) is 5.43. The number of amides is 1. The van der Waals surface area contributed by atoms with E-state index in [-0.39, 0.29) is 22.4 Å². The fourth-order valence-electron chi connectivity index (χ4n) is 3.96. The number of rotatable bonds is 6. The van der Waals surface area contributed by atoms with E-state index in [1.807, 2.05) is 47.4 Å². The van der Waals surface area contributed by atoms with E-state index in [0.29, 0.717) is 13.0 Å². The molecule has 0 bridgehead atoms. The Labute approximate surface area is 173 Å². The predicted molar refractivity (Wildman–Crippen MR) is 112 cm³/mol. The van der Waals surface area contributed by atoms with Gasteiger partial charge in [0.2, 0.25) is 5.91 Å². The van der Waals surface area contributed by atoms with Gasteiger partial charge < -0.3 is 14.6 Å². The second-order valence-corrected chi connectivity index (χ2v) is 8.90. The van der Waals surface area contributed by atoms with Gasteiger partial charge in [-0.05, 0) is 38.1 Å². The van der Waals surface area contributed by atoms with E-state index in [1.54, 1.807) is 0 Å². The first-order valence-corrected chi connectivity index (χ1v) is 11.0. The van der Waals surface area contributed by atoms with Crippen LogP contribution in [0.15, 0.2) is 46.9 Å². The number of hydrogen-bond donors (Lipinski definition) is 1. The van der Waals surface area contributed by atoms with E-state index in [2.05, 4.69) is 5.32 Å². The zero-order valence-corrected chi connectivity index (χ0v) is 17.1. The van der Waals surface area contributed by atoms with Crippen LogP contribution < -0.4 is 5.32 Å². The van der Waals surface area contributed by atoms with Gasteiger partial charge in [-0.15, -0.1) is 23.4 Å². The summed E-state index contributed by atoms with van der Waals surface area (Å²) in [5.41, 5.74) is 1.03. The molecule has 1 aromatic carbocycles. The molecule has 2 saturated heterocycles. The second-order valence-electron chi connectivity index (χ2n) is 7.17. The lowest BCUT2D eigenvalue weighted by Gasteiger charge is -2.40. The normalized spacial score (nSPS) is 21.4. The summed E-state index contributed by atoms with van der Waals surface area (Å²) in [4.78, 5) is 26.8. The van der Waals surface area contributed by atoms with Crippen molar-refractivity contribution < 1.29 is 14.0 Å².